The van der Waals surface area contributed by atoms with Crippen LogP contribution in [0.2, 0.25) is 0 Å². The fraction of sp³-hybridized carbons (Fsp3) is 1.00. The molecule has 1 aliphatic heterocycles. The van der Waals surface area contributed by atoms with Gasteiger partial charge in [0.2, 0.25) is 0 Å². The molecule has 1 heterocycles. The van der Waals surface area contributed by atoms with Crippen LogP contribution in [0.5, 0.6) is 0 Å². The van der Waals surface area contributed by atoms with Crippen LogP contribution < -0.4 is 0 Å². The zero-order chi connectivity index (χ0) is 9.19. The highest BCUT2D eigenvalue weighted by atomic mass is 32.2. The van der Waals surface area contributed by atoms with Gasteiger partial charge in [0.05, 0.1) is 6.61 Å². The first kappa shape index (κ1) is 10.1. The van der Waals surface area contributed by atoms with Gasteiger partial charge >= 0.3 is 6.18 Å². The second kappa shape index (κ2) is 3.85. The van der Waals surface area contributed by atoms with E-state index in [0.717, 1.165) is 0 Å². The Morgan fingerprint density at radius 1 is 1.50 bits per heavy atom. The molecule has 0 spiro atoms. The number of hydrogen-bond donors (Lipinski definition) is 0. The summed E-state index contributed by atoms with van der Waals surface area (Å²) >= 11 is 1.32. The summed E-state index contributed by atoms with van der Waals surface area (Å²) in [5.74, 6) is 0. The van der Waals surface area contributed by atoms with Gasteiger partial charge in [-0.15, -0.1) is 0 Å². The average Bonchev–Trinajstić information content (AvgIpc) is 2.03. The van der Waals surface area contributed by atoms with Crippen molar-refractivity contribution >= 4 is 11.9 Å². The number of nitrogens with zero attached hydrogens (tertiary/aromatic N) is 1. The molecule has 1 saturated heterocycles. The second-order valence-electron chi connectivity index (χ2n) is 2.47. The van der Waals surface area contributed by atoms with Crippen molar-refractivity contribution < 1.29 is 17.9 Å². The van der Waals surface area contributed by atoms with Gasteiger partial charge in [-0.2, -0.15) is 13.2 Å². The molecular formula is C6H10F3NOS. The van der Waals surface area contributed by atoms with Gasteiger partial charge in [0.15, 0.2) is 6.10 Å². The Morgan fingerprint density at radius 3 is 2.67 bits per heavy atom. The molecule has 1 fully saturated rings. The van der Waals surface area contributed by atoms with Crippen LogP contribution >= 0.6 is 11.9 Å². The first-order valence-corrected chi connectivity index (χ1v) is 4.69. The van der Waals surface area contributed by atoms with Gasteiger partial charge in [-0.1, -0.05) is 11.9 Å². The topological polar surface area (TPSA) is 12.5 Å². The minimum Gasteiger partial charge on any atom is -0.366 e. The molecule has 0 N–H and O–H groups in total. The van der Waals surface area contributed by atoms with E-state index in [2.05, 4.69) is 4.74 Å². The molecule has 0 aromatic heterocycles. The van der Waals surface area contributed by atoms with Gasteiger partial charge < -0.3 is 4.74 Å². The molecule has 0 saturated carbocycles. The van der Waals surface area contributed by atoms with Crippen LogP contribution in [0.3, 0.4) is 0 Å². The predicted molar refractivity (Wildman–Crippen MR) is 40.9 cm³/mol. The van der Waals surface area contributed by atoms with Crippen molar-refractivity contribution in [3.05, 3.63) is 0 Å². The van der Waals surface area contributed by atoms with Crippen molar-refractivity contribution in [3.63, 3.8) is 0 Å². The summed E-state index contributed by atoms with van der Waals surface area (Å²) < 4.78 is 42.5. The van der Waals surface area contributed by atoms with Crippen LogP contribution in [-0.2, 0) is 4.74 Å². The maximum absolute atomic E-state index is 12.1. The van der Waals surface area contributed by atoms with Gasteiger partial charge in [0.25, 0.3) is 0 Å². The van der Waals surface area contributed by atoms with Crippen molar-refractivity contribution in [1.29, 1.82) is 0 Å². The minimum absolute atomic E-state index is 0.0648. The summed E-state index contributed by atoms with van der Waals surface area (Å²) in [6.45, 7) is 0.656. The van der Waals surface area contributed by atoms with E-state index in [4.69, 9.17) is 0 Å². The van der Waals surface area contributed by atoms with Gasteiger partial charge in [-0.3, -0.25) is 0 Å². The Labute approximate surface area is 73.2 Å². The second-order valence-corrected chi connectivity index (χ2v) is 3.35. The number of morpholine rings is 1. The predicted octanol–water partition coefficient (Wildman–Crippen LogP) is 1.53. The average molecular weight is 201 g/mol. The van der Waals surface area contributed by atoms with Crippen molar-refractivity contribution in [2.75, 3.05) is 26.0 Å². The summed E-state index contributed by atoms with van der Waals surface area (Å²) in [4.78, 5) is 0. The van der Waals surface area contributed by atoms with Crippen LogP contribution in [0.4, 0.5) is 13.2 Å². The standard InChI is InChI=1S/C6H10F3NOS/c1-12-10-2-3-11-5(4-10)6(7,8)9/h5H,2-4H2,1H3. The lowest BCUT2D eigenvalue weighted by atomic mass is 10.3. The summed E-state index contributed by atoms with van der Waals surface area (Å²) in [6, 6.07) is 0. The van der Waals surface area contributed by atoms with Crippen molar-refractivity contribution in [1.82, 2.24) is 4.31 Å². The third kappa shape index (κ3) is 2.53. The van der Waals surface area contributed by atoms with Gasteiger partial charge in [0.1, 0.15) is 0 Å². The molecule has 1 aliphatic rings. The van der Waals surface area contributed by atoms with Crippen LogP contribution in [0.25, 0.3) is 0 Å². The normalized spacial score (nSPS) is 27.5. The smallest absolute Gasteiger partial charge is 0.366 e. The molecule has 0 aromatic rings. The van der Waals surface area contributed by atoms with E-state index in [0.29, 0.717) is 6.54 Å². The number of rotatable bonds is 1. The fourth-order valence-corrected chi connectivity index (χ4v) is 1.53. The number of alkyl halides is 3. The molecule has 72 valence electrons. The molecule has 1 atom stereocenters. The van der Waals surface area contributed by atoms with Gasteiger partial charge in [-0.05, 0) is 6.26 Å². The largest absolute Gasteiger partial charge is 0.415 e. The fourth-order valence-electron chi connectivity index (χ4n) is 0.990. The highest BCUT2D eigenvalue weighted by Gasteiger charge is 2.43. The lowest BCUT2D eigenvalue weighted by Gasteiger charge is -2.31. The molecule has 1 rings (SSSR count). The molecule has 6 heteroatoms. The first-order valence-electron chi connectivity index (χ1n) is 3.51. The van der Waals surface area contributed by atoms with E-state index in [1.165, 1.54) is 11.9 Å². The minimum atomic E-state index is -4.23. The summed E-state index contributed by atoms with van der Waals surface area (Å²) in [7, 11) is 0. The van der Waals surface area contributed by atoms with Crippen LogP contribution in [0.15, 0.2) is 0 Å². The maximum Gasteiger partial charge on any atom is 0.415 e. The SMILES string of the molecule is CSN1CCOC(C(F)(F)F)C1. The lowest BCUT2D eigenvalue weighted by Crippen LogP contribution is -2.46. The zero-order valence-electron chi connectivity index (χ0n) is 6.60. The molecule has 12 heavy (non-hydrogen) atoms. The quantitative estimate of drug-likeness (QED) is 0.597. The maximum atomic E-state index is 12.1. The van der Waals surface area contributed by atoms with Crippen molar-refractivity contribution in [2.45, 2.75) is 12.3 Å². The summed E-state index contributed by atoms with van der Waals surface area (Å²) in [6.07, 6.45) is -4.08. The van der Waals surface area contributed by atoms with E-state index in [9.17, 15) is 13.2 Å². The van der Waals surface area contributed by atoms with Crippen molar-refractivity contribution in [3.8, 4) is 0 Å². The summed E-state index contributed by atoms with van der Waals surface area (Å²) in [5.41, 5.74) is 0. The van der Waals surface area contributed by atoms with E-state index < -0.39 is 12.3 Å². The summed E-state index contributed by atoms with van der Waals surface area (Å²) in [5, 5.41) is 0. The Balaban J connectivity index is 2.46. The Kier molecular flexibility index (Phi) is 3.25. The monoisotopic (exact) mass is 201 g/mol. The molecule has 0 amide bonds. The van der Waals surface area contributed by atoms with Crippen molar-refractivity contribution in [2.24, 2.45) is 0 Å². The number of ether oxygens (including phenoxy) is 1. The third-order valence-corrected chi connectivity index (χ3v) is 2.50. The van der Waals surface area contributed by atoms with Crippen LogP contribution in [0, 0.1) is 0 Å². The molecule has 2 nitrogen and oxygen atoms in total. The number of hydrogen-bond acceptors (Lipinski definition) is 3. The molecule has 0 aromatic carbocycles. The molecule has 0 bridgehead atoms. The van der Waals surface area contributed by atoms with Gasteiger partial charge in [0, 0.05) is 13.1 Å². The molecular weight excluding hydrogens is 191 g/mol. The third-order valence-electron chi connectivity index (χ3n) is 1.65. The molecule has 1 unspecified atom stereocenters. The van der Waals surface area contributed by atoms with Crippen LogP contribution in [-0.4, -0.2) is 42.5 Å². The number of halogens is 3. The Morgan fingerprint density at radius 2 is 2.17 bits per heavy atom. The van der Waals surface area contributed by atoms with E-state index >= 15 is 0 Å². The van der Waals surface area contributed by atoms with Crippen LogP contribution in [0.1, 0.15) is 0 Å². The first-order chi connectivity index (χ1) is 5.54. The van der Waals surface area contributed by atoms with E-state index in [1.54, 1.807) is 10.6 Å². The lowest BCUT2D eigenvalue weighted by molar-refractivity contribution is -0.231. The highest BCUT2D eigenvalue weighted by Crippen LogP contribution is 2.27. The Bertz CT molecular complexity index is 152. The highest BCUT2D eigenvalue weighted by molar-refractivity contribution is 7.96. The van der Waals surface area contributed by atoms with E-state index in [1.807, 2.05) is 0 Å². The zero-order valence-corrected chi connectivity index (χ0v) is 7.41. The Hall–Kier alpha value is 0.0600. The van der Waals surface area contributed by atoms with Gasteiger partial charge in [-0.25, -0.2) is 4.31 Å². The molecule has 0 aliphatic carbocycles. The molecule has 0 radical (unpaired) electrons. The van der Waals surface area contributed by atoms with E-state index in [-0.39, 0.29) is 13.2 Å².